The molecule has 4 aliphatic rings. The first-order chi connectivity index (χ1) is 22.8. The molecule has 4 fully saturated rings. The van der Waals surface area contributed by atoms with Crippen LogP contribution in [0, 0.1) is 52.3 Å². The Morgan fingerprint density at radius 1 is 0.872 bits per heavy atom. The van der Waals surface area contributed by atoms with Crippen LogP contribution < -0.4 is 0 Å². The summed E-state index contributed by atoms with van der Waals surface area (Å²) in [4.78, 5) is 14.6. The number of aliphatic hydroxyl groups excluding tert-OH is 1. The van der Waals surface area contributed by atoms with E-state index >= 15 is 0 Å². The molecule has 5 heteroatoms. The van der Waals surface area contributed by atoms with Gasteiger partial charge in [0.15, 0.2) is 0 Å². The first kappa shape index (κ1) is 38.5. The summed E-state index contributed by atoms with van der Waals surface area (Å²) in [6, 6.07) is 0. The minimum Gasteiger partial charge on any atom is -0.393 e. The number of hydrogen-bond donors (Lipinski definition) is 1. The van der Waals surface area contributed by atoms with E-state index in [2.05, 4.69) is 49.9 Å². The first-order valence-electron chi connectivity index (χ1n) is 20.7. The van der Waals surface area contributed by atoms with Crippen molar-refractivity contribution < 1.29 is 9.90 Å². The zero-order valence-corrected chi connectivity index (χ0v) is 31.1. The topological polar surface area (TPSA) is 86.1 Å². The van der Waals surface area contributed by atoms with E-state index in [9.17, 15) is 9.90 Å². The SMILES string of the molecule is CCCCCCCCC=CCCCCCCCCC1C[C@@H](O)CC2CC[C@@H]3[C@H](CC[C@]4(C)[C@@H]([C@H](C)CCC(=O)N=[N+]=[N-])CC[C@@H]34)[C@@]12C. The number of unbranched alkanes of at least 4 members (excludes halogenated alkanes) is 12. The number of fused-ring (bicyclic) bond motifs is 5. The van der Waals surface area contributed by atoms with Gasteiger partial charge in [0.25, 0.3) is 0 Å². The molecule has 0 saturated heterocycles. The normalized spacial score (nSPS) is 35.6. The van der Waals surface area contributed by atoms with Crippen molar-refractivity contribution in [3.05, 3.63) is 22.6 Å². The number of carbonyl (C=O) groups is 1. The van der Waals surface area contributed by atoms with Crippen LogP contribution in [-0.2, 0) is 4.79 Å². The second-order valence-corrected chi connectivity index (χ2v) is 17.4. The average molecular weight is 652 g/mol. The summed E-state index contributed by atoms with van der Waals surface area (Å²) < 4.78 is 0. The lowest BCUT2D eigenvalue weighted by atomic mass is 9.42. The largest absolute Gasteiger partial charge is 0.393 e. The molecule has 0 aromatic carbocycles. The predicted molar refractivity (Wildman–Crippen MR) is 197 cm³/mol. The van der Waals surface area contributed by atoms with E-state index in [0.717, 1.165) is 37.0 Å². The molecule has 0 aliphatic heterocycles. The van der Waals surface area contributed by atoms with Gasteiger partial charge in [-0.2, -0.15) is 0 Å². The van der Waals surface area contributed by atoms with Gasteiger partial charge in [-0.1, -0.05) is 104 Å². The van der Waals surface area contributed by atoms with Crippen LogP contribution in [0.3, 0.4) is 0 Å². The number of hydrogen-bond acceptors (Lipinski definition) is 2. The molecule has 4 rings (SSSR count). The molecule has 10 atom stereocenters. The van der Waals surface area contributed by atoms with E-state index < -0.39 is 0 Å². The van der Waals surface area contributed by atoms with Crippen molar-refractivity contribution in [2.75, 3.05) is 0 Å². The van der Waals surface area contributed by atoms with Crippen molar-refractivity contribution in [2.45, 2.75) is 194 Å². The van der Waals surface area contributed by atoms with E-state index in [-0.39, 0.29) is 12.0 Å². The van der Waals surface area contributed by atoms with Crippen molar-refractivity contribution in [3.8, 4) is 0 Å². The van der Waals surface area contributed by atoms with Gasteiger partial charge in [-0.15, -0.1) is 0 Å². The van der Waals surface area contributed by atoms with Crippen LogP contribution >= 0.6 is 0 Å². The Morgan fingerprint density at radius 2 is 1.53 bits per heavy atom. The number of carbonyl (C=O) groups excluding carboxylic acids is 1. The highest BCUT2D eigenvalue weighted by Gasteiger charge is 2.62. The van der Waals surface area contributed by atoms with Crippen LogP contribution in [0.4, 0.5) is 0 Å². The summed E-state index contributed by atoms with van der Waals surface area (Å²) >= 11 is 0. The standard InChI is InChI=1S/C42H73N3O2/c1-5-6-7-8-9-10-11-12-13-14-15-16-17-18-19-20-21-33-30-35(46)31-34-23-24-36-38-26-25-37(32(2)22-27-40(47)44-45-43)41(38,3)29-28-39(36)42(33,34)4/h12-13,32-39,46H,5-11,14-31H2,1-4H3/t32-,33?,34?,35-,36+,37-,38+,39+,41-,42+/m1/s1. The summed E-state index contributed by atoms with van der Waals surface area (Å²) in [5.41, 5.74) is 9.39. The molecule has 0 heterocycles. The summed E-state index contributed by atoms with van der Waals surface area (Å²) in [5.74, 6) is 4.67. The van der Waals surface area contributed by atoms with Gasteiger partial charge in [0.05, 0.1) is 6.10 Å². The van der Waals surface area contributed by atoms with E-state index in [0.29, 0.717) is 40.9 Å². The van der Waals surface area contributed by atoms with Crippen molar-refractivity contribution in [2.24, 2.45) is 57.4 Å². The smallest absolute Gasteiger partial charge is 0.218 e. The van der Waals surface area contributed by atoms with Gasteiger partial charge >= 0.3 is 0 Å². The number of allylic oxidation sites excluding steroid dienone is 2. The number of aliphatic hydroxyl groups is 1. The fraction of sp³-hybridized carbons (Fsp3) is 0.929. The lowest BCUT2D eigenvalue weighted by Crippen LogP contribution is -2.57. The predicted octanol–water partition coefficient (Wildman–Crippen LogP) is 12.9. The monoisotopic (exact) mass is 652 g/mol. The van der Waals surface area contributed by atoms with Gasteiger partial charge < -0.3 is 5.11 Å². The molecule has 0 bridgehead atoms. The van der Waals surface area contributed by atoms with Gasteiger partial charge in [-0.25, -0.2) is 0 Å². The van der Waals surface area contributed by atoms with E-state index in [1.54, 1.807) is 0 Å². The molecule has 0 aromatic heterocycles. The molecule has 5 nitrogen and oxygen atoms in total. The molecule has 0 aromatic rings. The van der Waals surface area contributed by atoms with Crippen LogP contribution in [0.15, 0.2) is 17.3 Å². The van der Waals surface area contributed by atoms with Gasteiger partial charge in [0, 0.05) is 11.3 Å². The molecule has 1 amide bonds. The van der Waals surface area contributed by atoms with Gasteiger partial charge in [0.2, 0.25) is 5.91 Å². The fourth-order valence-corrected chi connectivity index (χ4v) is 12.2. The third-order valence-corrected chi connectivity index (χ3v) is 14.8. The van der Waals surface area contributed by atoms with E-state index in [1.165, 1.54) is 135 Å². The van der Waals surface area contributed by atoms with E-state index in [1.807, 2.05) is 0 Å². The van der Waals surface area contributed by atoms with Crippen molar-refractivity contribution >= 4 is 5.91 Å². The maximum atomic E-state index is 11.9. The fourth-order valence-electron chi connectivity index (χ4n) is 12.2. The van der Waals surface area contributed by atoms with Crippen LogP contribution in [-0.4, -0.2) is 17.1 Å². The molecule has 47 heavy (non-hydrogen) atoms. The number of amides is 1. The number of azide groups is 1. The highest BCUT2D eigenvalue weighted by molar-refractivity contribution is 5.76. The Labute approximate surface area is 289 Å². The zero-order valence-electron chi connectivity index (χ0n) is 31.1. The second-order valence-electron chi connectivity index (χ2n) is 17.4. The molecule has 0 radical (unpaired) electrons. The van der Waals surface area contributed by atoms with Crippen LogP contribution in [0.5, 0.6) is 0 Å². The molecular formula is C42H73N3O2. The molecule has 0 spiro atoms. The summed E-state index contributed by atoms with van der Waals surface area (Å²) in [5, 5.41) is 14.3. The van der Waals surface area contributed by atoms with E-state index in [4.69, 9.17) is 5.53 Å². The Kier molecular flexibility index (Phi) is 15.7. The summed E-state index contributed by atoms with van der Waals surface area (Å²) in [7, 11) is 0. The Hall–Kier alpha value is -1.32. The Morgan fingerprint density at radius 3 is 2.21 bits per heavy atom. The minimum atomic E-state index is -0.304. The Bertz CT molecular complexity index is 1020. The molecule has 1 N–H and O–H groups in total. The third-order valence-electron chi connectivity index (χ3n) is 14.8. The highest BCUT2D eigenvalue weighted by Crippen LogP contribution is 2.69. The lowest BCUT2D eigenvalue weighted by molar-refractivity contribution is -0.159. The van der Waals surface area contributed by atoms with Gasteiger partial charge in [-0.3, -0.25) is 4.79 Å². The third kappa shape index (κ3) is 9.90. The zero-order chi connectivity index (χ0) is 33.7. The first-order valence-corrected chi connectivity index (χ1v) is 20.7. The molecule has 4 aliphatic carbocycles. The summed E-state index contributed by atoms with van der Waals surface area (Å²) in [6.45, 7) is 9.92. The van der Waals surface area contributed by atoms with Crippen molar-refractivity contribution in [1.82, 2.24) is 0 Å². The van der Waals surface area contributed by atoms with Gasteiger partial charge in [-0.05, 0) is 153 Å². The maximum Gasteiger partial charge on any atom is 0.218 e. The van der Waals surface area contributed by atoms with Gasteiger partial charge in [0.1, 0.15) is 0 Å². The van der Waals surface area contributed by atoms with Crippen LogP contribution in [0.25, 0.3) is 10.4 Å². The van der Waals surface area contributed by atoms with Crippen molar-refractivity contribution in [3.63, 3.8) is 0 Å². The van der Waals surface area contributed by atoms with Crippen LogP contribution in [0.1, 0.15) is 188 Å². The molecule has 4 saturated carbocycles. The summed E-state index contributed by atoms with van der Waals surface area (Å²) in [6.07, 6.45) is 36.4. The second kappa shape index (κ2) is 19.2. The average Bonchev–Trinajstić information content (AvgIpc) is 3.41. The van der Waals surface area contributed by atoms with Crippen molar-refractivity contribution in [1.29, 1.82) is 0 Å². The Balaban J connectivity index is 1.21. The molecule has 2 unspecified atom stereocenters. The number of rotatable bonds is 20. The number of nitrogens with zero attached hydrogens (tertiary/aromatic N) is 3. The molecular weight excluding hydrogens is 578 g/mol. The maximum absolute atomic E-state index is 11.9. The minimum absolute atomic E-state index is 0.0950. The quantitative estimate of drug-likeness (QED) is 0.0467. The lowest BCUT2D eigenvalue weighted by Gasteiger charge is -2.63. The van der Waals surface area contributed by atoms with Crippen LogP contribution in [0.2, 0.25) is 0 Å². The highest BCUT2D eigenvalue weighted by atomic mass is 16.3. The molecule has 268 valence electrons.